The molecule has 1 fully saturated rings. The van der Waals surface area contributed by atoms with E-state index in [1.54, 1.807) is 11.3 Å². The molecular formula is C17H23N3O2S. The Labute approximate surface area is 141 Å². The predicted molar refractivity (Wildman–Crippen MR) is 92.9 cm³/mol. The summed E-state index contributed by atoms with van der Waals surface area (Å²) < 4.78 is 5.59. The minimum Gasteiger partial charge on any atom is -0.389 e. The van der Waals surface area contributed by atoms with Gasteiger partial charge in [0.1, 0.15) is 5.82 Å². The second-order valence-electron chi connectivity index (χ2n) is 5.72. The van der Waals surface area contributed by atoms with Gasteiger partial charge in [-0.1, -0.05) is 12.1 Å². The summed E-state index contributed by atoms with van der Waals surface area (Å²) in [4.78, 5) is 10.2. The van der Waals surface area contributed by atoms with Gasteiger partial charge < -0.3 is 14.7 Å². The number of hydrogen-bond donors (Lipinski definition) is 1. The minimum absolute atomic E-state index is 0.387. The van der Waals surface area contributed by atoms with Gasteiger partial charge in [0.15, 0.2) is 0 Å². The van der Waals surface area contributed by atoms with Gasteiger partial charge in [-0.15, -0.1) is 11.3 Å². The summed E-state index contributed by atoms with van der Waals surface area (Å²) in [5.41, 5.74) is 0. The number of hydrogen-bond acceptors (Lipinski definition) is 6. The summed E-state index contributed by atoms with van der Waals surface area (Å²) in [6.07, 6.45) is 1.40. The van der Waals surface area contributed by atoms with E-state index in [0.717, 1.165) is 32.0 Å². The lowest BCUT2D eigenvalue weighted by atomic mass is 10.2. The van der Waals surface area contributed by atoms with Crippen LogP contribution in [0.1, 0.15) is 4.88 Å². The highest BCUT2D eigenvalue weighted by Gasteiger charge is 2.20. The molecular weight excluding hydrogens is 310 g/mol. The quantitative estimate of drug-likeness (QED) is 0.838. The van der Waals surface area contributed by atoms with Crippen molar-refractivity contribution in [1.82, 2.24) is 9.88 Å². The molecule has 1 saturated heterocycles. The summed E-state index contributed by atoms with van der Waals surface area (Å²) >= 11 is 1.68. The van der Waals surface area contributed by atoms with Crippen LogP contribution in [0.15, 0.2) is 41.9 Å². The average molecular weight is 333 g/mol. The van der Waals surface area contributed by atoms with Crippen molar-refractivity contribution in [2.45, 2.75) is 12.7 Å². The lowest BCUT2D eigenvalue weighted by Crippen LogP contribution is -2.49. The topological polar surface area (TPSA) is 48.8 Å². The molecule has 1 aliphatic heterocycles. The normalized spacial score (nSPS) is 17.3. The molecule has 0 spiro atoms. The number of anilines is 1. The van der Waals surface area contributed by atoms with Crippen molar-refractivity contribution in [1.29, 1.82) is 0 Å². The first-order valence-electron chi connectivity index (χ1n) is 7.98. The van der Waals surface area contributed by atoms with Crippen LogP contribution >= 0.6 is 11.3 Å². The van der Waals surface area contributed by atoms with E-state index in [2.05, 4.69) is 14.8 Å². The SMILES string of the molecule is O[C@@H](COCc1cccs1)CN1CCN(c2ccccn2)CC1. The van der Waals surface area contributed by atoms with Crippen LogP contribution in [-0.4, -0.2) is 60.4 Å². The van der Waals surface area contributed by atoms with Gasteiger partial charge >= 0.3 is 0 Å². The van der Waals surface area contributed by atoms with Gasteiger partial charge in [0.05, 0.1) is 19.3 Å². The van der Waals surface area contributed by atoms with E-state index < -0.39 is 6.10 Å². The summed E-state index contributed by atoms with van der Waals surface area (Å²) in [5.74, 6) is 1.03. The Morgan fingerprint density at radius 2 is 2.04 bits per heavy atom. The fraction of sp³-hybridized carbons (Fsp3) is 0.471. The number of rotatable bonds is 7. The van der Waals surface area contributed by atoms with Crippen molar-refractivity contribution in [2.75, 3.05) is 44.2 Å². The Kier molecular flexibility index (Phi) is 5.99. The largest absolute Gasteiger partial charge is 0.389 e. The standard InChI is InChI=1S/C17H23N3O2S/c21-15(13-22-14-16-4-3-11-23-16)12-19-7-9-20(10-8-19)17-5-1-2-6-18-17/h1-6,11,15,21H,7-10,12-14H2/t15-/m1/s1. The zero-order valence-corrected chi connectivity index (χ0v) is 14.0. The van der Waals surface area contributed by atoms with Crippen molar-refractivity contribution >= 4 is 17.2 Å². The maximum absolute atomic E-state index is 10.1. The van der Waals surface area contributed by atoms with Gasteiger partial charge in [0.25, 0.3) is 0 Å². The molecule has 1 aliphatic rings. The third-order valence-electron chi connectivity index (χ3n) is 3.95. The van der Waals surface area contributed by atoms with E-state index in [9.17, 15) is 5.11 Å². The first-order chi connectivity index (χ1) is 11.3. The highest BCUT2D eigenvalue weighted by Crippen LogP contribution is 2.13. The molecule has 23 heavy (non-hydrogen) atoms. The summed E-state index contributed by atoms with van der Waals surface area (Å²) in [6.45, 7) is 5.41. The number of aliphatic hydroxyl groups excluding tert-OH is 1. The van der Waals surface area contributed by atoms with Crippen molar-refractivity contribution in [3.63, 3.8) is 0 Å². The van der Waals surface area contributed by atoms with Gasteiger partial charge in [-0.05, 0) is 23.6 Å². The van der Waals surface area contributed by atoms with Crippen LogP contribution in [0, 0.1) is 0 Å². The lowest BCUT2D eigenvalue weighted by molar-refractivity contribution is 0.00989. The van der Waals surface area contributed by atoms with Crippen molar-refractivity contribution in [2.24, 2.45) is 0 Å². The second kappa shape index (κ2) is 8.40. The molecule has 3 rings (SSSR count). The molecule has 6 heteroatoms. The third kappa shape index (κ3) is 5.00. The third-order valence-corrected chi connectivity index (χ3v) is 4.80. The number of thiophene rings is 1. The first-order valence-corrected chi connectivity index (χ1v) is 8.86. The van der Waals surface area contributed by atoms with Crippen LogP contribution in [0.2, 0.25) is 0 Å². The van der Waals surface area contributed by atoms with Crippen molar-refractivity contribution < 1.29 is 9.84 Å². The monoisotopic (exact) mass is 333 g/mol. The number of pyridine rings is 1. The lowest BCUT2D eigenvalue weighted by Gasteiger charge is -2.36. The maximum atomic E-state index is 10.1. The number of piperazine rings is 1. The molecule has 1 N–H and O–H groups in total. The molecule has 0 bridgehead atoms. The van der Waals surface area contributed by atoms with Gasteiger partial charge in [-0.3, -0.25) is 4.90 Å². The van der Waals surface area contributed by atoms with E-state index in [4.69, 9.17) is 4.74 Å². The molecule has 0 unspecified atom stereocenters. The van der Waals surface area contributed by atoms with Crippen molar-refractivity contribution in [3.8, 4) is 0 Å². The highest BCUT2D eigenvalue weighted by atomic mass is 32.1. The van der Waals surface area contributed by atoms with Gasteiger partial charge in [0, 0.05) is 43.8 Å². The Bertz CT molecular complexity index is 556. The van der Waals surface area contributed by atoms with Gasteiger partial charge in [0.2, 0.25) is 0 Å². The van der Waals surface area contributed by atoms with Gasteiger partial charge in [-0.25, -0.2) is 4.98 Å². The van der Waals surface area contributed by atoms with Crippen molar-refractivity contribution in [3.05, 3.63) is 46.8 Å². The molecule has 5 nitrogen and oxygen atoms in total. The van der Waals surface area contributed by atoms with Crippen LogP contribution in [0.4, 0.5) is 5.82 Å². The first kappa shape index (κ1) is 16.4. The molecule has 0 amide bonds. The van der Waals surface area contributed by atoms with E-state index in [1.807, 2.05) is 41.9 Å². The van der Waals surface area contributed by atoms with Crippen LogP contribution in [0.3, 0.4) is 0 Å². The summed E-state index contributed by atoms with van der Waals surface area (Å²) in [7, 11) is 0. The summed E-state index contributed by atoms with van der Waals surface area (Å²) in [6, 6.07) is 10.1. The number of ether oxygens (including phenoxy) is 1. The highest BCUT2D eigenvalue weighted by molar-refractivity contribution is 7.09. The molecule has 124 valence electrons. The zero-order valence-electron chi connectivity index (χ0n) is 13.2. The summed E-state index contributed by atoms with van der Waals surface area (Å²) in [5, 5.41) is 12.2. The van der Waals surface area contributed by atoms with Crippen LogP contribution < -0.4 is 4.90 Å². The molecule has 1 atom stereocenters. The van der Waals surface area contributed by atoms with E-state index in [-0.39, 0.29) is 0 Å². The fourth-order valence-electron chi connectivity index (χ4n) is 2.74. The minimum atomic E-state index is -0.434. The smallest absolute Gasteiger partial charge is 0.128 e. The number of aliphatic hydroxyl groups is 1. The predicted octanol–water partition coefficient (Wildman–Crippen LogP) is 1.84. The second-order valence-corrected chi connectivity index (χ2v) is 6.76. The fourth-order valence-corrected chi connectivity index (χ4v) is 3.38. The molecule has 2 aromatic rings. The maximum Gasteiger partial charge on any atom is 0.128 e. The molecule has 0 aliphatic carbocycles. The zero-order chi connectivity index (χ0) is 15.9. The molecule has 2 aromatic heterocycles. The molecule has 0 aromatic carbocycles. The Hall–Kier alpha value is -1.47. The average Bonchev–Trinajstić information content (AvgIpc) is 3.10. The van der Waals surface area contributed by atoms with E-state index >= 15 is 0 Å². The molecule has 0 saturated carbocycles. The van der Waals surface area contributed by atoms with Crippen LogP contribution in [-0.2, 0) is 11.3 Å². The van der Waals surface area contributed by atoms with Crippen LogP contribution in [0.5, 0.6) is 0 Å². The van der Waals surface area contributed by atoms with Gasteiger partial charge in [-0.2, -0.15) is 0 Å². The Balaban J connectivity index is 1.35. The number of aromatic nitrogens is 1. The van der Waals surface area contributed by atoms with E-state index in [0.29, 0.717) is 19.8 Å². The van der Waals surface area contributed by atoms with E-state index in [1.165, 1.54) is 4.88 Å². The Morgan fingerprint density at radius 1 is 1.17 bits per heavy atom. The van der Waals surface area contributed by atoms with Crippen LogP contribution in [0.25, 0.3) is 0 Å². The Morgan fingerprint density at radius 3 is 2.74 bits per heavy atom. The molecule has 0 radical (unpaired) electrons. The number of nitrogens with zero attached hydrogens (tertiary/aromatic N) is 3. The molecule has 3 heterocycles. The number of β-amino-alcohol motifs (C(OH)–C–C–N with tert-alkyl or cyclic N) is 1.